The largest absolute Gasteiger partial charge is 0.507 e. The number of aliphatic hydroxyl groups excluding tert-OH is 1. The SMILES string of the molecule is Cc1ccc(C2/C(=C(\O)c3ccc(S(=O)(=O)N(C)C)cc3)C(=O)C(=O)N2CCCN(C)C)o1. The van der Waals surface area contributed by atoms with Crippen LogP contribution >= 0.6 is 0 Å². The quantitative estimate of drug-likeness (QED) is 0.354. The van der Waals surface area contributed by atoms with E-state index in [-0.39, 0.29) is 21.8 Å². The zero-order valence-electron chi connectivity index (χ0n) is 19.4. The van der Waals surface area contributed by atoms with Crippen LogP contribution in [0.4, 0.5) is 0 Å². The van der Waals surface area contributed by atoms with Crippen LogP contribution in [0.5, 0.6) is 0 Å². The highest BCUT2D eigenvalue weighted by atomic mass is 32.2. The summed E-state index contributed by atoms with van der Waals surface area (Å²) in [6.45, 7) is 2.78. The maximum Gasteiger partial charge on any atom is 0.295 e. The molecule has 1 unspecified atom stereocenters. The van der Waals surface area contributed by atoms with Crippen LogP contribution in [0.15, 0.2) is 51.3 Å². The van der Waals surface area contributed by atoms with E-state index in [9.17, 15) is 23.1 Å². The van der Waals surface area contributed by atoms with Crippen molar-refractivity contribution in [2.75, 3.05) is 41.3 Å². The lowest BCUT2D eigenvalue weighted by Crippen LogP contribution is -2.32. The van der Waals surface area contributed by atoms with Crippen LogP contribution < -0.4 is 0 Å². The molecule has 0 spiro atoms. The lowest BCUT2D eigenvalue weighted by Gasteiger charge is -2.24. The lowest BCUT2D eigenvalue weighted by molar-refractivity contribution is -0.140. The molecular weight excluding hydrogens is 446 g/mol. The molecule has 1 aliphatic rings. The van der Waals surface area contributed by atoms with Crippen LogP contribution in [0.3, 0.4) is 0 Å². The maximum atomic E-state index is 13.0. The molecule has 0 bridgehead atoms. The number of likely N-dealkylation sites (tertiary alicyclic amines) is 1. The summed E-state index contributed by atoms with van der Waals surface area (Å²) in [6, 6.07) is 8.07. The molecule has 1 aromatic heterocycles. The Kier molecular flexibility index (Phi) is 7.11. The molecule has 0 saturated carbocycles. The van der Waals surface area contributed by atoms with Gasteiger partial charge in [-0.1, -0.05) is 0 Å². The fraction of sp³-hybridized carbons (Fsp3) is 0.391. The Balaban J connectivity index is 2.05. The molecule has 1 atom stereocenters. The van der Waals surface area contributed by atoms with E-state index in [0.29, 0.717) is 31.0 Å². The molecule has 10 heteroatoms. The van der Waals surface area contributed by atoms with E-state index in [0.717, 1.165) is 4.31 Å². The molecule has 9 nitrogen and oxygen atoms in total. The number of carbonyl (C=O) groups excluding carboxylic acids is 2. The van der Waals surface area contributed by atoms with Gasteiger partial charge in [0.25, 0.3) is 11.7 Å². The van der Waals surface area contributed by atoms with E-state index in [1.165, 1.54) is 43.3 Å². The molecule has 2 heterocycles. The number of aliphatic hydroxyl groups is 1. The van der Waals surface area contributed by atoms with Gasteiger partial charge in [0.1, 0.15) is 23.3 Å². The standard InChI is InChI=1S/C23H29N3O6S/c1-15-7-12-18(32-15)20-19(22(28)23(29)26(20)14-6-13-24(2)3)21(27)16-8-10-17(11-9-16)33(30,31)25(4)5/h7-12,20,27H,6,13-14H2,1-5H3/b21-19+. The van der Waals surface area contributed by atoms with E-state index < -0.39 is 27.8 Å². The van der Waals surface area contributed by atoms with E-state index in [2.05, 4.69) is 0 Å². The second-order valence-corrected chi connectivity index (χ2v) is 10.6. The van der Waals surface area contributed by atoms with Crippen molar-refractivity contribution < 1.29 is 27.5 Å². The fourth-order valence-corrected chi connectivity index (χ4v) is 4.62. The molecule has 2 aromatic rings. The van der Waals surface area contributed by atoms with Crippen molar-refractivity contribution in [3.8, 4) is 0 Å². The van der Waals surface area contributed by atoms with E-state index in [1.54, 1.807) is 19.1 Å². The minimum Gasteiger partial charge on any atom is -0.507 e. The number of ketones is 1. The highest BCUT2D eigenvalue weighted by Crippen LogP contribution is 2.40. The van der Waals surface area contributed by atoms with Gasteiger partial charge in [-0.05, 0) is 70.4 Å². The van der Waals surface area contributed by atoms with Gasteiger partial charge in [-0.2, -0.15) is 0 Å². The minimum atomic E-state index is -3.65. The third-order valence-electron chi connectivity index (χ3n) is 5.48. The Bertz CT molecular complexity index is 1180. The molecule has 178 valence electrons. The molecule has 0 radical (unpaired) electrons. The fourth-order valence-electron chi connectivity index (χ4n) is 3.72. The summed E-state index contributed by atoms with van der Waals surface area (Å²) in [7, 11) is 3.03. The molecule has 3 rings (SSSR count). The zero-order valence-corrected chi connectivity index (χ0v) is 20.2. The first-order valence-corrected chi connectivity index (χ1v) is 11.9. The number of furan rings is 1. The first kappa shape index (κ1) is 24.7. The van der Waals surface area contributed by atoms with E-state index >= 15 is 0 Å². The molecule has 33 heavy (non-hydrogen) atoms. The van der Waals surface area contributed by atoms with Crippen molar-refractivity contribution in [2.45, 2.75) is 24.3 Å². The number of nitrogens with zero attached hydrogens (tertiary/aromatic N) is 3. The van der Waals surface area contributed by atoms with Crippen LogP contribution in [0.2, 0.25) is 0 Å². The predicted octanol–water partition coefficient (Wildman–Crippen LogP) is 2.21. The summed E-state index contributed by atoms with van der Waals surface area (Å²) in [5, 5.41) is 11.1. The van der Waals surface area contributed by atoms with Crippen LogP contribution in [-0.2, 0) is 19.6 Å². The monoisotopic (exact) mass is 475 g/mol. The summed E-state index contributed by atoms with van der Waals surface area (Å²) < 4.78 is 31.5. The molecule has 1 saturated heterocycles. The number of rotatable bonds is 8. The molecule has 1 fully saturated rings. The van der Waals surface area contributed by atoms with Gasteiger partial charge in [0.2, 0.25) is 10.0 Å². The van der Waals surface area contributed by atoms with Crippen molar-refractivity contribution >= 4 is 27.5 Å². The van der Waals surface area contributed by atoms with Gasteiger partial charge in [-0.3, -0.25) is 9.59 Å². The normalized spacial score (nSPS) is 18.6. The van der Waals surface area contributed by atoms with Gasteiger partial charge in [-0.25, -0.2) is 12.7 Å². The molecule has 1 aliphatic heterocycles. The van der Waals surface area contributed by atoms with Crippen molar-refractivity contribution in [2.24, 2.45) is 0 Å². The molecule has 1 aromatic carbocycles. The minimum absolute atomic E-state index is 0.0476. The van der Waals surface area contributed by atoms with Crippen LogP contribution in [0.1, 0.15) is 29.5 Å². The van der Waals surface area contributed by atoms with Gasteiger partial charge in [0.05, 0.1) is 10.5 Å². The van der Waals surface area contributed by atoms with Crippen LogP contribution in [-0.4, -0.2) is 80.6 Å². The highest BCUT2D eigenvalue weighted by Gasteiger charge is 2.47. The first-order valence-electron chi connectivity index (χ1n) is 10.5. The smallest absolute Gasteiger partial charge is 0.295 e. The average Bonchev–Trinajstić information content (AvgIpc) is 3.29. The topological polar surface area (TPSA) is 111 Å². The number of amides is 1. The Morgan fingerprint density at radius 3 is 2.21 bits per heavy atom. The van der Waals surface area contributed by atoms with E-state index in [1.807, 2.05) is 19.0 Å². The van der Waals surface area contributed by atoms with Crippen molar-refractivity contribution in [3.05, 3.63) is 59.1 Å². The number of aryl methyl sites for hydroxylation is 1. The maximum absolute atomic E-state index is 13.0. The Morgan fingerprint density at radius 2 is 1.70 bits per heavy atom. The number of carbonyl (C=O) groups is 2. The summed E-state index contributed by atoms with van der Waals surface area (Å²) in [5.74, 6) is -0.897. The van der Waals surface area contributed by atoms with Crippen LogP contribution in [0, 0.1) is 6.92 Å². The first-order chi connectivity index (χ1) is 15.4. The number of hydrogen-bond acceptors (Lipinski definition) is 7. The Hall–Kier alpha value is -2.95. The molecule has 1 N–H and O–H groups in total. The van der Waals surface area contributed by atoms with Crippen LogP contribution in [0.25, 0.3) is 5.76 Å². The lowest BCUT2D eigenvalue weighted by atomic mass is 9.99. The van der Waals surface area contributed by atoms with Crippen molar-refractivity contribution in [3.63, 3.8) is 0 Å². The Morgan fingerprint density at radius 1 is 1.06 bits per heavy atom. The molecular formula is C23H29N3O6S. The van der Waals surface area contributed by atoms with Gasteiger partial charge in [-0.15, -0.1) is 0 Å². The molecule has 1 amide bonds. The summed E-state index contributed by atoms with van der Waals surface area (Å²) in [6.07, 6.45) is 0.632. The number of hydrogen-bond donors (Lipinski definition) is 1. The van der Waals surface area contributed by atoms with E-state index in [4.69, 9.17) is 4.42 Å². The van der Waals surface area contributed by atoms with Crippen molar-refractivity contribution in [1.82, 2.24) is 14.1 Å². The summed E-state index contributed by atoms with van der Waals surface area (Å²) >= 11 is 0. The van der Waals surface area contributed by atoms with Gasteiger partial charge in [0, 0.05) is 26.2 Å². The Labute approximate surface area is 193 Å². The summed E-state index contributed by atoms with van der Waals surface area (Å²) in [5.41, 5.74) is 0.148. The second-order valence-electron chi connectivity index (χ2n) is 8.41. The van der Waals surface area contributed by atoms with Gasteiger partial charge >= 0.3 is 0 Å². The number of benzene rings is 1. The summed E-state index contributed by atoms with van der Waals surface area (Å²) in [4.78, 5) is 29.3. The average molecular weight is 476 g/mol. The number of sulfonamides is 1. The van der Waals surface area contributed by atoms with Gasteiger partial charge in [0.15, 0.2) is 0 Å². The van der Waals surface area contributed by atoms with Gasteiger partial charge < -0.3 is 19.3 Å². The second kappa shape index (κ2) is 9.50. The highest BCUT2D eigenvalue weighted by molar-refractivity contribution is 7.89. The third kappa shape index (κ3) is 4.87. The zero-order chi connectivity index (χ0) is 24.5. The molecule has 0 aliphatic carbocycles. The third-order valence-corrected chi connectivity index (χ3v) is 7.31. The predicted molar refractivity (Wildman–Crippen MR) is 123 cm³/mol. The van der Waals surface area contributed by atoms with Crippen molar-refractivity contribution in [1.29, 1.82) is 0 Å². The number of Topliss-reactive ketones (excluding diaryl/α,β-unsaturated/α-hetero) is 1.